The molecule has 166 valence electrons. The molecule has 0 saturated carbocycles. The monoisotopic (exact) mass is 455 g/mol. The fourth-order valence-corrected chi connectivity index (χ4v) is 4.89. The van der Waals surface area contributed by atoms with Gasteiger partial charge in [0, 0.05) is 18.7 Å². The summed E-state index contributed by atoms with van der Waals surface area (Å²) in [4.78, 5) is 55.5. The van der Waals surface area contributed by atoms with E-state index < -0.39 is 17.8 Å². The highest BCUT2D eigenvalue weighted by molar-refractivity contribution is 7.20. The maximum atomic E-state index is 13.1. The van der Waals surface area contributed by atoms with Crippen molar-refractivity contribution in [2.75, 3.05) is 19.5 Å². The van der Waals surface area contributed by atoms with Gasteiger partial charge in [-0.25, -0.2) is 14.6 Å². The van der Waals surface area contributed by atoms with Crippen molar-refractivity contribution < 1.29 is 23.9 Å². The summed E-state index contributed by atoms with van der Waals surface area (Å²) in [5.41, 5.74) is 0.827. The summed E-state index contributed by atoms with van der Waals surface area (Å²) in [6.45, 7) is 2.35. The second-order valence-electron chi connectivity index (χ2n) is 7.41. The fourth-order valence-electron chi connectivity index (χ4n) is 3.81. The molecule has 0 spiro atoms. The zero-order chi connectivity index (χ0) is 23.0. The number of nitrogens with zero attached hydrogens (tertiary/aromatic N) is 2. The second-order valence-corrected chi connectivity index (χ2v) is 8.41. The molecule has 0 aliphatic carbocycles. The maximum absolute atomic E-state index is 13.1. The van der Waals surface area contributed by atoms with Crippen molar-refractivity contribution in [3.05, 3.63) is 55.9 Å². The number of nitrogens with one attached hydrogen (secondary N) is 1. The number of rotatable bonds is 4. The molecular formula is C22H21N3O6S. The number of benzene rings is 1. The van der Waals surface area contributed by atoms with Crippen molar-refractivity contribution in [2.45, 2.75) is 32.7 Å². The van der Waals surface area contributed by atoms with Crippen LogP contribution in [0.15, 0.2) is 23.0 Å². The molecule has 1 amide bonds. The Morgan fingerprint density at radius 1 is 1.06 bits per heavy atom. The number of fused-ring (bicyclic) bond motifs is 2. The van der Waals surface area contributed by atoms with Crippen LogP contribution in [0.25, 0.3) is 10.2 Å². The highest BCUT2D eigenvalue weighted by Crippen LogP contribution is 2.29. The molecule has 4 rings (SSSR count). The Hall–Kier alpha value is -3.53. The van der Waals surface area contributed by atoms with Gasteiger partial charge in [0.15, 0.2) is 0 Å². The van der Waals surface area contributed by atoms with Crippen molar-refractivity contribution in [1.29, 1.82) is 0 Å². The molecule has 3 heterocycles. The van der Waals surface area contributed by atoms with Crippen molar-refractivity contribution >= 4 is 45.1 Å². The minimum atomic E-state index is -0.660. The summed E-state index contributed by atoms with van der Waals surface area (Å²) in [6.07, 6.45) is 2.64. The average Bonchev–Trinajstić information content (AvgIpc) is 3.14. The second kappa shape index (κ2) is 8.54. The molecule has 1 aromatic carbocycles. The van der Waals surface area contributed by atoms with Crippen LogP contribution in [0.3, 0.4) is 0 Å². The Kier molecular flexibility index (Phi) is 5.79. The van der Waals surface area contributed by atoms with E-state index in [0.717, 1.165) is 36.4 Å². The van der Waals surface area contributed by atoms with Crippen molar-refractivity contribution in [2.24, 2.45) is 0 Å². The third kappa shape index (κ3) is 3.77. The number of esters is 2. The van der Waals surface area contributed by atoms with Crippen LogP contribution in [-0.2, 0) is 22.4 Å². The number of carbonyl (C=O) groups is 3. The van der Waals surface area contributed by atoms with Gasteiger partial charge in [-0.1, -0.05) is 0 Å². The van der Waals surface area contributed by atoms with Gasteiger partial charge in [-0.15, -0.1) is 11.3 Å². The number of amides is 1. The molecule has 3 aromatic rings. The Balaban J connectivity index is 1.73. The van der Waals surface area contributed by atoms with Gasteiger partial charge in [-0.2, -0.15) is 0 Å². The molecule has 1 N–H and O–H groups in total. The van der Waals surface area contributed by atoms with E-state index in [9.17, 15) is 19.2 Å². The Morgan fingerprint density at radius 2 is 1.72 bits per heavy atom. The molecule has 1 aliphatic rings. The van der Waals surface area contributed by atoms with Crippen LogP contribution in [0.2, 0.25) is 0 Å². The summed E-state index contributed by atoms with van der Waals surface area (Å²) in [5.74, 6) is -1.04. The lowest BCUT2D eigenvalue weighted by molar-refractivity contribution is 0.0599. The van der Waals surface area contributed by atoms with Crippen LogP contribution in [0.4, 0.5) is 5.69 Å². The molecular weight excluding hydrogens is 434 g/mol. The third-order valence-electron chi connectivity index (χ3n) is 5.40. The van der Waals surface area contributed by atoms with Crippen LogP contribution in [0, 0.1) is 6.92 Å². The lowest BCUT2D eigenvalue weighted by Crippen LogP contribution is -2.28. The Bertz CT molecular complexity index is 1290. The molecule has 32 heavy (non-hydrogen) atoms. The van der Waals surface area contributed by atoms with Crippen LogP contribution in [0.1, 0.15) is 54.6 Å². The molecule has 0 atom stereocenters. The molecule has 0 radical (unpaired) electrons. The van der Waals surface area contributed by atoms with E-state index in [2.05, 4.69) is 10.3 Å². The molecule has 0 saturated heterocycles. The molecule has 1 aliphatic heterocycles. The summed E-state index contributed by atoms with van der Waals surface area (Å²) in [5, 5.41) is 3.16. The van der Waals surface area contributed by atoms with Crippen LogP contribution in [-0.4, -0.2) is 41.6 Å². The number of hydrogen-bond donors (Lipinski definition) is 1. The van der Waals surface area contributed by atoms with Gasteiger partial charge in [0.25, 0.3) is 11.5 Å². The third-order valence-corrected chi connectivity index (χ3v) is 6.59. The zero-order valence-corrected chi connectivity index (χ0v) is 18.6. The standard InChI is InChI=1S/C22H21N3O6S/c1-11-16-19(24-15-6-4-5-7-25(15)20(16)27)32-17(11)18(26)23-14-9-12(21(28)30-2)8-13(10-14)22(29)31-3/h8-10H,4-7H2,1-3H3,(H,23,26). The van der Waals surface area contributed by atoms with E-state index in [1.807, 2.05) is 0 Å². The highest BCUT2D eigenvalue weighted by atomic mass is 32.1. The Morgan fingerprint density at radius 3 is 2.34 bits per heavy atom. The predicted molar refractivity (Wildman–Crippen MR) is 119 cm³/mol. The Labute approximate surface area is 187 Å². The summed E-state index contributed by atoms with van der Waals surface area (Å²) < 4.78 is 11.1. The van der Waals surface area contributed by atoms with Gasteiger partial charge in [0.05, 0.1) is 35.6 Å². The topological polar surface area (TPSA) is 117 Å². The molecule has 0 bridgehead atoms. The lowest BCUT2D eigenvalue weighted by atomic mass is 10.1. The van der Waals surface area contributed by atoms with Crippen molar-refractivity contribution in [3.8, 4) is 0 Å². The number of thiophene rings is 1. The predicted octanol–water partition coefficient (Wildman–Crippen LogP) is 2.93. The zero-order valence-electron chi connectivity index (χ0n) is 17.8. The summed E-state index contributed by atoms with van der Waals surface area (Å²) in [6, 6.07) is 4.14. The largest absolute Gasteiger partial charge is 0.465 e. The first-order valence-electron chi connectivity index (χ1n) is 10.00. The minimum absolute atomic E-state index is 0.0892. The van der Waals surface area contributed by atoms with E-state index >= 15 is 0 Å². The van der Waals surface area contributed by atoms with Crippen molar-refractivity contribution in [1.82, 2.24) is 9.55 Å². The number of hydrogen-bond acceptors (Lipinski definition) is 8. The molecule has 9 nitrogen and oxygen atoms in total. The van der Waals surface area contributed by atoms with Gasteiger partial charge < -0.3 is 14.8 Å². The van der Waals surface area contributed by atoms with E-state index in [1.165, 1.54) is 32.4 Å². The lowest BCUT2D eigenvalue weighted by Gasteiger charge is -2.16. The van der Waals surface area contributed by atoms with E-state index in [4.69, 9.17) is 9.47 Å². The number of aryl methyl sites for hydroxylation is 2. The van der Waals surface area contributed by atoms with Crippen molar-refractivity contribution in [3.63, 3.8) is 0 Å². The number of ether oxygens (including phenoxy) is 2. The van der Waals surface area contributed by atoms with Gasteiger partial charge in [-0.3, -0.25) is 14.2 Å². The van der Waals surface area contributed by atoms with E-state index in [0.29, 0.717) is 27.2 Å². The van der Waals surface area contributed by atoms with Gasteiger partial charge >= 0.3 is 11.9 Å². The number of methoxy groups -OCH3 is 2. The average molecular weight is 455 g/mol. The van der Waals surface area contributed by atoms with Crippen LogP contribution >= 0.6 is 11.3 Å². The maximum Gasteiger partial charge on any atom is 0.337 e. The van der Waals surface area contributed by atoms with Crippen LogP contribution in [0.5, 0.6) is 0 Å². The number of anilines is 1. The fraction of sp³-hybridized carbons (Fsp3) is 0.318. The van der Waals surface area contributed by atoms with Gasteiger partial charge in [-0.05, 0) is 43.5 Å². The van der Waals surface area contributed by atoms with Gasteiger partial charge in [0.2, 0.25) is 0 Å². The van der Waals surface area contributed by atoms with Crippen LogP contribution < -0.4 is 10.9 Å². The SMILES string of the molecule is COC(=O)c1cc(NC(=O)c2sc3nc4n(c(=O)c3c2C)CCCC4)cc(C(=O)OC)c1. The summed E-state index contributed by atoms with van der Waals surface area (Å²) >= 11 is 1.15. The molecule has 2 aromatic heterocycles. The molecule has 0 fully saturated rings. The first kappa shape index (κ1) is 21.7. The molecule has 10 heteroatoms. The van der Waals surface area contributed by atoms with E-state index in [1.54, 1.807) is 11.5 Å². The normalized spacial score (nSPS) is 12.8. The summed E-state index contributed by atoms with van der Waals surface area (Å²) in [7, 11) is 2.44. The first-order valence-corrected chi connectivity index (χ1v) is 10.8. The quantitative estimate of drug-likeness (QED) is 0.601. The first-order chi connectivity index (χ1) is 15.3. The number of carbonyl (C=O) groups excluding carboxylic acids is 3. The minimum Gasteiger partial charge on any atom is -0.465 e. The van der Waals surface area contributed by atoms with Gasteiger partial charge in [0.1, 0.15) is 10.7 Å². The number of aromatic nitrogens is 2. The molecule has 0 unspecified atom stereocenters. The smallest absolute Gasteiger partial charge is 0.337 e. The van der Waals surface area contributed by atoms with E-state index in [-0.39, 0.29) is 22.4 Å². The highest BCUT2D eigenvalue weighted by Gasteiger charge is 2.23.